The van der Waals surface area contributed by atoms with Crippen LogP contribution in [0.1, 0.15) is 22.3 Å². The quantitative estimate of drug-likeness (QED) is 0.383. The monoisotopic (exact) mass is 450 g/mol. The van der Waals surface area contributed by atoms with Crippen LogP contribution in [0.3, 0.4) is 0 Å². The van der Waals surface area contributed by atoms with Gasteiger partial charge in [-0.15, -0.1) is 0 Å². The molecule has 0 aliphatic rings. The van der Waals surface area contributed by atoms with Crippen LogP contribution in [0.4, 0.5) is 18.9 Å². The van der Waals surface area contributed by atoms with Crippen LogP contribution in [0.25, 0.3) is 6.08 Å². The van der Waals surface area contributed by atoms with E-state index < -0.39 is 11.7 Å². The van der Waals surface area contributed by atoms with Crippen molar-refractivity contribution in [2.45, 2.75) is 12.8 Å². The van der Waals surface area contributed by atoms with Crippen molar-refractivity contribution in [1.82, 2.24) is 0 Å². The van der Waals surface area contributed by atoms with Crippen molar-refractivity contribution in [3.63, 3.8) is 0 Å². The molecule has 0 saturated heterocycles. The Balaban J connectivity index is 1.65. The molecule has 0 heterocycles. The van der Waals surface area contributed by atoms with E-state index in [9.17, 15) is 18.4 Å². The largest absolute Gasteiger partial charge is 0.495 e. The van der Waals surface area contributed by atoms with Crippen molar-refractivity contribution in [2.24, 2.45) is 0 Å². The molecular weight excluding hydrogens is 429 g/mol. The van der Waals surface area contributed by atoms with Crippen molar-refractivity contribution in [1.29, 1.82) is 5.26 Å². The highest BCUT2D eigenvalue weighted by molar-refractivity contribution is 5.62. The molecule has 0 unspecified atom stereocenters. The van der Waals surface area contributed by atoms with E-state index >= 15 is 0 Å². The molecule has 3 rings (SSSR count). The number of hydrogen-bond donors (Lipinski definition) is 1. The zero-order chi connectivity index (χ0) is 23.8. The molecule has 3 aromatic rings. The zero-order valence-electron chi connectivity index (χ0n) is 17.8. The molecule has 33 heavy (non-hydrogen) atoms. The van der Waals surface area contributed by atoms with Gasteiger partial charge in [0.25, 0.3) is 0 Å². The average molecular weight is 450 g/mol. The van der Waals surface area contributed by atoms with Crippen molar-refractivity contribution in [2.75, 3.05) is 12.4 Å². The van der Waals surface area contributed by atoms with Gasteiger partial charge in [0.15, 0.2) is 0 Å². The summed E-state index contributed by atoms with van der Waals surface area (Å²) in [6.45, 7) is 4.16. The number of alkyl halides is 3. The van der Waals surface area contributed by atoms with E-state index in [1.807, 2.05) is 36.4 Å². The number of para-hydroxylation sites is 1. The number of benzene rings is 3. The number of nitriles is 1. The Hall–Kier alpha value is -4.18. The topological polar surface area (TPSA) is 54.3 Å². The maximum Gasteiger partial charge on any atom is 0.416 e. The summed E-state index contributed by atoms with van der Waals surface area (Å²) < 4.78 is 48.9. The SMILES string of the molecule is C=C(/C=C/c1ccc(OC)c(C#N)c1)Nc1ccccc1COc1ccc(C(F)(F)F)cc1. The third kappa shape index (κ3) is 6.40. The molecule has 1 N–H and O–H groups in total. The maximum atomic E-state index is 12.7. The third-order valence-corrected chi connectivity index (χ3v) is 4.71. The van der Waals surface area contributed by atoms with Gasteiger partial charge >= 0.3 is 6.18 Å². The van der Waals surface area contributed by atoms with E-state index in [0.29, 0.717) is 22.8 Å². The number of nitrogens with one attached hydrogen (secondary N) is 1. The van der Waals surface area contributed by atoms with Gasteiger partial charge in [-0.05, 0) is 54.1 Å². The Morgan fingerprint density at radius 1 is 1.09 bits per heavy atom. The van der Waals surface area contributed by atoms with Crippen LogP contribution in [0, 0.1) is 11.3 Å². The highest BCUT2D eigenvalue weighted by atomic mass is 19.4. The summed E-state index contributed by atoms with van der Waals surface area (Å²) in [5, 5.41) is 12.4. The van der Waals surface area contributed by atoms with E-state index in [0.717, 1.165) is 28.9 Å². The van der Waals surface area contributed by atoms with Crippen molar-refractivity contribution in [3.05, 3.63) is 107 Å². The van der Waals surface area contributed by atoms with Crippen molar-refractivity contribution in [3.8, 4) is 17.6 Å². The first kappa shape index (κ1) is 23.5. The number of rotatable bonds is 8. The minimum absolute atomic E-state index is 0.162. The predicted molar refractivity (Wildman–Crippen MR) is 122 cm³/mol. The summed E-state index contributed by atoms with van der Waals surface area (Å²) in [7, 11) is 1.51. The Kier molecular flexibility index (Phi) is 7.42. The second kappa shape index (κ2) is 10.4. The van der Waals surface area contributed by atoms with E-state index in [-0.39, 0.29) is 6.61 Å². The Morgan fingerprint density at radius 2 is 1.82 bits per heavy atom. The molecule has 7 heteroatoms. The highest BCUT2D eigenvalue weighted by Gasteiger charge is 2.30. The lowest BCUT2D eigenvalue weighted by Gasteiger charge is -2.14. The highest BCUT2D eigenvalue weighted by Crippen LogP contribution is 2.30. The number of anilines is 1. The van der Waals surface area contributed by atoms with E-state index in [1.165, 1.54) is 19.2 Å². The van der Waals surface area contributed by atoms with Crippen LogP contribution in [0.2, 0.25) is 0 Å². The normalized spacial score (nSPS) is 11.1. The second-order valence-corrected chi connectivity index (χ2v) is 7.02. The number of ether oxygens (including phenoxy) is 2. The van der Waals surface area contributed by atoms with Crippen LogP contribution in [0.5, 0.6) is 11.5 Å². The molecule has 0 saturated carbocycles. The lowest BCUT2D eigenvalue weighted by atomic mass is 10.1. The molecular formula is C26H21F3N2O2. The fourth-order valence-corrected chi connectivity index (χ4v) is 3.00. The van der Waals surface area contributed by atoms with Gasteiger partial charge in [0.05, 0.1) is 18.2 Å². The van der Waals surface area contributed by atoms with Gasteiger partial charge in [0.2, 0.25) is 0 Å². The minimum atomic E-state index is -4.38. The smallest absolute Gasteiger partial charge is 0.416 e. The van der Waals surface area contributed by atoms with Gasteiger partial charge in [-0.2, -0.15) is 18.4 Å². The lowest BCUT2D eigenvalue weighted by Crippen LogP contribution is -2.05. The van der Waals surface area contributed by atoms with E-state index in [2.05, 4.69) is 18.0 Å². The molecule has 3 aromatic carbocycles. The number of halogens is 3. The van der Waals surface area contributed by atoms with E-state index in [1.54, 1.807) is 18.2 Å². The van der Waals surface area contributed by atoms with Crippen LogP contribution < -0.4 is 14.8 Å². The summed E-state index contributed by atoms with van der Waals surface area (Å²) in [6.07, 6.45) is -0.793. The summed E-state index contributed by atoms with van der Waals surface area (Å²) >= 11 is 0. The van der Waals surface area contributed by atoms with Gasteiger partial charge in [-0.25, -0.2) is 0 Å². The zero-order valence-corrected chi connectivity index (χ0v) is 17.8. The Labute approximate surface area is 190 Å². The first-order valence-corrected chi connectivity index (χ1v) is 9.90. The number of nitrogens with zero attached hydrogens (tertiary/aromatic N) is 1. The molecule has 0 aliphatic heterocycles. The number of allylic oxidation sites excluding steroid dienone is 1. The first-order chi connectivity index (χ1) is 15.8. The predicted octanol–water partition coefficient (Wildman–Crippen LogP) is 6.80. The summed E-state index contributed by atoms with van der Waals surface area (Å²) in [5.41, 5.74) is 2.69. The maximum absolute atomic E-state index is 12.7. The second-order valence-electron chi connectivity index (χ2n) is 7.02. The van der Waals surface area contributed by atoms with Gasteiger partial charge in [-0.3, -0.25) is 0 Å². The molecule has 168 valence electrons. The molecule has 0 amide bonds. The van der Waals surface area contributed by atoms with Gasteiger partial charge in [-0.1, -0.05) is 36.9 Å². The Morgan fingerprint density at radius 3 is 2.48 bits per heavy atom. The molecule has 0 aromatic heterocycles. The standard InChI is InChI=1S/C26H21F3N2O2/c1-18(7-8-19-9-14-25(32-2)21(15-19)16-30)31-24-6-4-3-5-20(24)17-33-23-12-10-22(11-13-23)26(27,28)29/h3-15,31H,1,17H2,2H3/b8-7+. The fraction of sp³-hybridized carbons (Fsp3) is 0.115. The number of hydrogen-bond acceptors (Lipinski definition) is 4. The molecule has 0 spiro atoms. The first-order valence-electron chi connectivity index (χ1n) is 9.90. The fourth-order valence-electron chi connectivity index (χ4n) is 3.00. The average Bonchev–Trinajstić information content (AvgIpc) is 2.81. The summed E-state index contributed by atoms with van der Waals surface area (Å²) in [6, 6.07) is 19.3. The number of methoxy groups -OCH3 is 1. The molecule has 0 radical (unpaired) electrons. The van der Waals surface area contributed by atoms with E-state index in [4.69, 9.17) is 9.47 Å². The van der Waals surface area contributed by atoms with Gasteiger partial charge in [0.1, 0.15) is 24.2 Å². The summed E-state index contributed by atoms with van der Waals surface area (Å²) in [4.78, 5) is 0. The molecule has 0 fully saturated rings. The molecule has 0 bridgehead atoms. The van der Waals surface area contributed by atoms with Crippen LogP contribution in [-0.4, -0.2) is 7.11 Å². The minimum Gasteiger partial charge on any atom is -0.495 e. The Bertz CT molecular complexity index is 1190. The molecule has 0 atom stereocenters. The van der Waals surface area contributed by atoms with Crippen LogP contribution >= 0.6 is 0 Å². The third-order valence-electron chi connectivity index (χ3n) is 4.71. The lowest BCUT2D eigenvalue weighted by molar-refractivity contribution is -0.137. The van der Waals surface area contributed by atoms with Gasteiger partial charge < -0.3 is 14.8 Å². The van der Waals surface area contributed by atoms with Crippen LogP contribution in [0.15, 0.2) is 85.1 Å². The van der Waals surface area contributed by atoms with Crippen LogP contribution in [-0.2, 0) is 12.8 Å². The summed E-state index contributed by atoms with van der Waals surface area (Å²) in [5.74, 6) is 0.845. The molecule has 4 nitrogen and oxygen atoms in total. The van der Waals surface area contributed by atoms with Crippen molar-refractivity contribution < 1.29 is 22.6 Å². The van der Waals surface area contributed by atoms with Crippen molar-refractivity contribution >= 4 is 11.8 Å². The van der Waals surface area contributed by atoms with Gasteiger partial charge in [0, 0.05) is 16.9 Å². The molecule has 0 aliphatic carbocycles.